The lowest BCUT2D eigenvalue weighted by Gasteiger charge is -2.36. The highest BCUT2D eigenvalue weighted by molar-refractivity contribution is 4.94. The van der Waals surface area contributed by atoms with Crippen molar-refractivity contribution in [3.63, 3.8) is 0 Å². The number of nitrogens with two attached hydrogens (primary N) is 1. The van der Waals surface area contributed by atoms with E-state index in [1.54, 1.807) is 13.1 Å². The lowest BCUT2D eigenvalue weighted by molar-refractivity contribution is -0.173. The molecule has 1 fully saturated rings. The van der Waals surface area contributed by atoms with Crippen molar-refractivity contribution < 1.29 is 9.84 Å². The Morgan fingerprint density at radius 3 is 2.46 bits per heavy atom. The molecule has 1 saturated heterocycles. The van der Waals surface area contributed by atoms with E-state index < -0.39 is 5.60 Å². The van der Waals surface area contributed by atoms with Crippen LogP contribution in [0.5, 0.6) is 0 Å². The smallest absolute Gasteiger partial charge is 0.128 e. The van der Waals surface area contributed by atoms with Gasteiger partial charge in [0.25, 0.3) is 0 Å². The van der Waals surface area contributed by atoms with Gasteiger partial charge in [-0.1, -0.05) is 13.8 Å². The summed E-state index contributed by atoms with van der Waals surface area (Å²) in [6.07, 6.45) is 1.68. The van der Waals surface area contributed by atoms with Crippen molar-refractivity contribution in [2.45, 2.75) is 26.4 Å². The fraction of sp³-hybridized carbons (Fsp3) is 0.778. The van der Waals surface area contributed by atoms with E-state index in [4.69, 9.17) is 10.5 Å². The van der Waals surface area contributed by atoms with Crippen LogP contribution in [-0.2, 0) is 4.74 Å². The maximum absolute atomic E-state index is 9.47. The molecule has 4 nitrogen and oxygen atoms in total. The molecule has 0 spiro atoms. The van der Waals surface area contributed by atoms with Crippen LogP contribution in [-0.4, -0.2) is 30.5 Å². The summed E-state index contributed by atoms with van der Waals surface area (Å²) in [5.74, 6) is 0. The molecule has 0 unspecified atom stereocenters. The topological polar surface area (TPSA) is 67.5 Å². The van der Waals surface area contributed by atoms with Gasteiger partial charge in [-0.3, -0.25) is 0 Å². The molecule has 0 saturated carbocycles. The van der Waals surface area contributed by atoms with Gasteiger partial charge in [-0.25, -0.2) is 0 Å². The van der Waals surface area contributed by atoms with E-state index in [0.717, 1.165) is 0 Å². The average molecular weight is 188 g/mol. The monoisotopic (exact) mass is 188 g/mol. The molecule has 0 aliphatic carbocycles. The number of allylic oxidation sites excluding steroid dienone is 1. The lowest BCUT2D eigenvalue weighted by atomic mass is 10.0. The van der Waals surface area contributed by atoms with Gasteiger partial charge in [0.15, 0.2) is 0 Å². The van der Waals surface area contributed by atoms with Crippen molar-refractivity contribution in [2.24, 2.45) is 5.73 Å². The Morgan fingerprint density at radius 2 is 2.15 bits per heavy atom. The summed E-state index contributed by atoms with van der Waals surface area (Å²) in [6.45, 7) is 7.12. The van der Waals surface area contributed by atoms with E-state index in [9.17, 15) is 5.11 Å². The summed E-state index contributed by atoms with van der Waals surface area (Å²) in [5.41, 5.74) is 5.39. The van der Waals surface area contributed by atoms with Gasteiger partial charge >= 0.3 is 0 Å². The van der Waals surface area contributed by atoms with Gasteiger partial charge in [0.2, 0.25) is 0 Å². The lowest BCUT2D eigenvalue weighted by Crippen LogP contribution is -2.55. The van der Waals surface area contributed by atoms with Crippen molar-refractivity contribution in [1.82, 2.24) is 5.32 Å². The molecule has 4 heteroatoms. The number of hydrogen-bond acceptors (Lipinski definition) is 4. The van der Waals surface area contributed by atoms with E-state index in [-0.39, 0.29) is 0 Å². The van der Waals surface area contributed by atoms with Crippen molar-refractivity contribution in [1.29, 1.82) is 0 Å². The van der Waals surface area contributed by atoms with E-state index in [1.165, 1.54) is 0 Å². The van der Waals surface area contributed by atoms with Crippen LogP contribution >= 0.6 is 0 Å². The highest BCUT2D eigenvalue weighted by Crippen LogP contribution is 2.14. The molecule has 0 aromatic heterocycles. The first-order valence-electron chi connectivity index (χ1n) is 4.58. The zero-order chi connectivity index (χ0) is 10.3. The molecule has 0 aromatic rings. The molecular formula is C9H20N2O2. The van der Waals surface area contributed by atoms with Gasteiger partial charge in [0, 0.05) is 18.4 Å². The average Bonchev–Trinajstić information content (AvgIpc) is 2.05. The van der Waals surface area contributed by atoms with Crippen molar-refractivity contribution >= 4 is 0 Å². The normalized spacial score (nSPS) is 19.5. The molecule has 4 N–H and O–H groups in total. The zero-order valence-corrected chi connectivity index (χ0v) is 8.63. The van der Waals surface area contributed by atoms with Crippen LogP contribution in [0.1, 0.15) is 20.8 Å². The van der Waals surface area contributed by atoms with E-state index in [2.05, 4.69) is 5.32 Å². The van der Waals surface area contributed by atoms with Gasteiger partial charge in [-0.15, -0.1) is 0 Å². The van der Waals surface area contributed by atoms with E-state index >= 15 is 0 Å². The summed E-state index contributed by atoms with van der Waals surface area (Å²) >= 11 is 0. The van der Waals surface area contributed by atoms with Crippen LogP contribution in [0.4, 0.5) is 0 Å². The van der Waals surface area contributed by atoms with Crippen molar-refractivity contribution in [2.75, 3.05) is 19.8 Å². The SMILES string of the molecule is C/C(N)=C/NCC1(O)COC1.CC. The number of ether oxygens (including phenoxy) is 1. The fourth-order valence-electron chi connectivity index (χ4n) is 0.842. The summed E-state index contributed by atoms with van der Waals surface area (Å²) in [5, 5.41) is 12.4. The first kappa shape index (κ1) is 12.3. The Hall–Kier alpha value is -0.740. The molecule has 1 aliphatic rings. The third-order valence-corrected chi connectivity index (χ3v) is 1.50. The van der Waals surface area contributed by atoms with Gasteiger partial charge in [0.1, 0.15) is 5.60 Å². The maximum Gasteiger partial charge on any atom is 0.128 e. The van der Waals surface area contributed by atoms with Crippen LogP contribution in [0, 0.1) is 0 Å². The molecule has 0 bridgehead atoms. The zero-order valence-electron chi connectivity index (χ0n) is 8.63. The summed E-state index contributed by atoms with van der Waals surface area (Å²) < 4.78 is 4.85. The molecule has 0 aromatic carbocycles. The fourth-order valence-corrected chi connectivity index (χ4v) is 0.842. The summed E-state index contributed by atoms with van der Waals surface area (Å²) in [6, 6.07) is 0. The van der Waals surface area contributed by atoms with Crippen LogP contribution in [0.25, 0.3) is 0 Å². The third-order valence-electron chi connectivity index (χ3n) is 1.50. The molecule has 1 aliphatic heterocycles. The molecular weight excluding hydrogens is 168 g/mol. The standard InChI is InChI=1S/C7H14N2O2.C2H6/c1-6(8)2-9-3-7(10)4-11-5-7;1-2/h2,9-10H,3-5,8H2,1H3;1-2H3/b6-2-;. The van der Waals surface area contributed by atoms with Crippen LogP contribution in [0.2, 0.25) is 0 Å². The Balaban J connectivity index is 0.000000671. The third kappa shape index (κ3) is 4.75. The minimum atomic E-state index is -0.675. The quantitative estimate of drug-likeness (QED) is 0.591. The number of rotatable bonds is 3. The van der Waals surface area contributed by atoms with Crippen LogP contribution in [0.3, 0.4) is 0 Å². The van der Waals surface area contributed by atoms with Crippen LogP contribution < -0.4 is 11.1 Å². The molecule has 0 radical (unpaired) electrons. The minimum absolute atomic E-state index is 0.414. The second-order valence-electron chi connectivity index (χ2n) is 2.99. The predicted molar refractivity (Wildman–Crippen MR) is 53.1 cm³/mol. The number of hydrogen-bond donors (Lipinski definition) is 3. The molecule has 1 rings (SSSR count). The van der Waals surface area contributed by atoms with Gasteiger partial charge in [-0.2, -0.15) is 0 Å². The Bertz CT molecular complexity index is 161. The molecule has 1 heterocycles. The first-order chi connectivity index (χ1) is 6.12. The van der Waals surface area contributed by atoms with Crippen LogP contribution in [0.15, 0.2) is 11.9 Å². The molecule has 0 amide bonds. The predicted octanol–water partition coefficient (Wildman–Crippen LogP) is 0.183. The molecule has 78 valence electrons. The molecule has 13 heavy (non-hydrogen) atoms. The summed E-state index contributed by atoms with van der Waals surface area (Å²) in [7, 11) is 0. The van der Waals surface area contributed by atoms with Gasteiger partial charge < -0.3 is 20.9 Å². The first-order valence-corrected chi connectivity index (χ1v) is 4.58. The van der Waals surface area contributed by atoms with Gasteiger partial charge in [-0.05, 0) is 6.92 Å². The molecule has 0 atom stereocenters. The van der Waals surface area contributed by atoms with E-state index in [0.29, 0.717) is 25.5 Å². The largest absolute Gasteiger partial charge is 0.401 e. The maximum atomic E-state index is 9.47. The second kappa shape index (κ2) is 5.83. The van der Waals surface area contributed by atoms with E-state index in [1.807, 2.05) is 13.8 Å². The summed E-state index contributed by atoms with van der Waals surface area (Å²) in [4.78, 5) is 0. The van der Waals surface area contributed by atoms with Gasteiger partial charge in [0.05, 0.1) is 13.2 Å². The minimum Gasteiger partial charge on any atom is -0.401 e. The number of nitrogens with one attached hydrogen (secondary N) is 1. The van der Waals surface area contributed by atoms with Crippen molar-refractivity contribution in [3.05, 3.63) is 11.9 Å². The number of aliphatic hydroxyl groups is 1. The Labute approximate surface area is 79.8 Å². The highest BCUT2D eigenvalue weighted by atomic mass is 16.5. The Morgan fingerprint density at radius 1 is 1.62 bits per heavy atom. The second-order valence-corrected chi connectivity index (χ2v) is 2.99. The Kier molecular flexibility index (Phi) is 5.50. The van der Waals surface area contributed by atoms with Crippen molar-refractivity contribution in [3.8, 4) is 0 Å². The highest BCUT2D eigenvalue weighted by Gasteiger charge is 2.35.